The second kappa shape index (κ2) is 5.09. The zero-order valence-corrected chi connectivity index (χ0v) is 8.22. The van der Waals surface area contributed by atoms with Gasteiger partial charge in [0.05, 0.1) is 6.61 Å². The molecule has 72 valence electrons. The third-order valence-corrected chi connectivity index (χ3v) is 2.65. The van der Waals surface area contributed by atoms with E-state index in [4.69, 9.17) is 11.2 Å². The summed E-state index contributed by atoms with van der Waals surface area (Å²) in [5.74, 6) is 2.82. The lowest BCUT2D eigenvalue weighted by atomic mass is 9.95. The van der Waals surface area contributed by atoms with Crippen LogP contribution in [0.5, 0.6) is 0 Å². The van der Waals surface area contributed by atoms with E-state index in [1.165, 1.54) is 25.7 Å². The maximum absolute atomic E-state index is 5.69. The van der Waals surface area contributed by atoms with Crippen LogP contribution in [-0.2, 0) is 4.74 Å². The first-order chi connectivity index (χ1) is 6.33. The summed E-state index contributed by atoms with van der Waals surface area (Å²) in [5.41, 5.74) is -0.287. The monoisotopic (exact) mass is 178 g/mol. The quantitative estimate of drug-likeness (QED) is 0.367. The largest absolute Gasteiger partial charge is 0.358 e. The number of hydrogen-bond donors (Lipinski definition) is 0. The Bertz CT molecular complexity index is 192. The van der Waals surface area contributed by atoms with E-state index in [1.807, 2.05) is 0 Å². The molecule has 1 fully saturated rings. The van der Waals surface area contributed by atoms with Gasteiger partial charge in [-0.3, -0.25) is 0 Å². The molecule has 0 aromatic rings. The molecule has 0 N–H and O–H groups in total. The van der Waals surface area contributed by atoms with Crippen LogP contribution in [0.1, 0.15) is 38.5 Å². The highest BCUT2D eigenvalue weighted by atomic mass is 16.5. The minimum Gasteiger partial charge on any atom is -0.358 e. The maximum Gasteiger partial charge on any atom is 0.128 e. The van der Waals surface area contributed by atoms with Gasteiger partial charge in [0, 0.05) is 0 Å². The lowest BCUT2D eigenvalue weighted by molar-refractivity contribution is 0.00536. The molecular weight excluding hydrogens is 160 g/mol. The third-order valence-electron chi connectivity index (χ3n) is 2.65. The fourth-order valence-corrected chi connectivity index (χ4v) is 1.85. The van der Waals surface area contributed by atoms with Gasteiger partial charge in [0.15, 0.2) is 0 Å². The molecule has 0 radical (unpaired) electrons. The van der Waals surface area contributed by atoms with Gasteiger partial charge in [-0.15, -0.1) is 13.0 Å². The summed E-state index contributed by atoms with van der Waals surface area (Å²) in [6, 6.07) is 0. The molecule has 0 heterocycles. The average Bonchev–Trinajstić information content (AvgIpc) is 2.41. The van der Waals surface area contributed by atoms with E-state index in [0.717, 1.165) is 12.8 Å². The molecule has 1 nitrogen and oxygen atoms in total. The van der Waals surface area contributed by atoms with Crippen molar-refractivity contribution in [2.45, 2.75) is 44.1 Å². The molecule has 13 heavy (non-hydrogen) atoms. The molecule has 0 aromatic carbocycles. The highest BCUT2D eigenvalue weighted by Crippen LogP contribution is 2.29. The van der Waals surface area contributed by atoms with Crippen LogP contribution in [-0.4, -0.2) is 12.2 Å². The standard InChI is InChI=1S/C12H18O/c1-3-11-13-12(4-2)9-7-5-6-8-10-12/h2-3H,1,5-11H2. The maximum atomic E-state index is 5.69. The Morgan fingerprint density at radius 3 is 2.38 bits per heavy atom. The van der Waals surface area contributed by atoms with Gasteiger partial charge >= 0.3 is 0 Å². The van der Waals surface area contributed by atoms with Crippen LogP contribution in [0.3, 0.4) is 0 Å². The van der Waals surface area contributed by atoms with Gasteiger partial charge in [-0.2, -0.15) is 0 Å². The smallest absolute Gasteiger partial charge is 0.128 e. The number of terminal acetylenes is 1. The van der Waals surface area contributed by atoms with Crippen molar-refractivity contribution in [3.8, 4) is 12.3 Å². The highest BCUT2D eigenvalue weighted by molar-refractivity contribution is 5.09. The van der Waals surface area contributed by atoms with Gasteiger partial charge in [-0.1, -0.05) is 24.8 Å². The number of hydrogen-bond acceptors (Lipinski definition) is 1. The van der Waals surface area contributed by atoms with E-state index in [0.29, 0.717) is 6.61 Å². The molecule has 0 aliphatic heterocycles. The van der Waals surface area contributed by atoms with Crippen LogP contribution in [0.15, 0.2) is 12.7 Å². The Balaban J connectivity index is 2.55. The van der Waals surface area contributed by atoms with Crippen molar-refractivity contribution in [3.63, 3.8) is 0 Å². The second-order valence-electron chi connectivity index (χ2n) is 3.65. The summed E-state index contributed by atoms with van der Waals surface area (Å²) < 4.78 is 5.69. The van der Waals surface area contributed by atoms with Crippen LogP contribution in [0.2, 0.25) is 0 Å². The zero-order valence-electron chi connectivity index (χ0n) is 8.22. The van der Waals surface area contributed by atoms with Crippen molar-refractivity contribution in [2.75, 3.05) is 6.61 Å². The van der Waals surface area contributed by atoms with Crippen LogP contribution in [0.4, 0.5) is 0 Å². The Morgan fingerprint density at radius 1 is 1.31 bits per heavy atom. The normalized spacial score (nSPS) is 21.5. The Morgan fingerprint density at radius 2 is 1.92 bits per heavy atom. The Hall–Kier alpha value is -0.740. The first-order valence-electron chi connectivity index (χ1n) is 5.06. The predicted octanol–water partition coefficient (Wildman–Crippen LogP) is 2.92. The van der Waals surface area contributed by atoms with Gasteiger partial charge in [0.25, 0.3) is 0 Å². The molecule has 1 aliphatic rings. The molecule has 1 aliphatic carbocycles. The van der Waals surface area contributed by atoms with Gasteiger partial charge in [-0.05, 0) is 25.7 Å². The lowest BCUT2D eigenvalue weighted by Crippen LogP contribution is -2.30. The van der Waals surface area contributed by atoms with Crippen LogP contribution in [0, 0.1) is 12.3 Å². The van der Waals surface area contributed by atoms with E-state index in [1.54, 1.807) is 6.08 Å². The molecule has 0 aromatic heterocycles. The molecule has 0 amide bonds. The third kappa shape index (κ3) is 2.90. The molecule has 0 atom stereocenters. The van der Waals surface area contributed by atoms with Gasteiger partial charge in [-0.25, -0.2) is 0 Å². The van der Waals surface area contributed by atoms with Crippen molar-refractivity contribution < 1.29 is 4.74 Å². The Labute approximate surface area is 81.2 Å². The highest BCUT2D eigenvalue weighted by Gasteiger charge is 2.28. The van der Waals surface area contributed by atoms with Gasteiger partial charge < -0.3 is 4.74 Å². The van der Waals surface area contributed by atoms with Crippen molar-refractivity contribution in [1.82, 2.24) is 0 Å². The van der Waals surface area contributed by atoms with Crippen molar-refractivity contribution in [2.24, 2.45) is 0 Å². The molecule has 1 rings (SSSR count). The SMILES string of the molecule is C#CC1(OCC=C)CCCCCC1. The van der Waals surface area contributed by atoms with E-state index in [9.17, 15) is 0 Å². The Kier molecular flexibility index (Phi) is 4.05. The summed E-state index contributed by atoms with van der Waals surface area (Å²) in [5, 5.41) is 0. The fourth-order valence-electron chi connectivity index (χ4n) is 1.85. The van der Waals surface area contributed by atoms with Crippen LogP contribution < -0.4 is 0 Å². The molecule has 0 spiro atoms. The predicted molar refractivity (Wildman–Crippen MR) is 55.4 cm³/mol. The second-order valence-corrected chi connectivity index (χ2v) is 3.65. The van der Waals surface area contributed by atoms with Gasteiger partial charge in [0.2, 0.25) is 0 Å². The summed E-state index contributed by atoms with van der Waals surface area (Å²) in [4.78, 5) is 0. The van der Waals surface area contributed by atoms with Crippen LogP contribution >= 0.6 is 0 Å². The summed E-state index contributed by atoms with van der Waals surface area (Å²) in [7, 11) is 0. The molecule has 0 bridgehead atoms. The van der Waals surface area contributed by atoms with E-state index in [-0.39, 0.29) is 5.60 Å². The molecule has 0 saturated heterocycles. The number of ether oxygens (including phenoxy) is 1. The summed E-state index contributed by atoms with van der Waals surface area (Å²) in [6.07, 6.45) is 14.3. The molecule has 1 saturated carbocycles. The number of rotatable bonds is 3. The molecule has 0 unspecified atom stereocenters. The summed E-state index contributed by atoms with van der Waals surface area (Å²) in [6.45, 7) is 4.21. The molecular formula is C12H18O. The van der Waals surface area contributed by atoms with Crippen molar-refractivity contribution in [1.29, 1.82) is 0 Å². The zero-order chi connectivity index (χ0) is 9.57. The van der Waals surface area contributed by atoms with Crippen molar-refractivity contribution >= 4 is 0 Å². The lowest BCUT2D eigenvalue weighted by Gasteiger charge is -2.26. The van der Waals surface area contributed by atoms with E-state index >= 15 is 0 Å². The first-order valence-corrected chi connectivity index (χ1v) is 5.06. The van der Waals surface area contributed by atoms with E-state index < -0.39 is 0 Å². The minimum atomic E-state index is -0.287. The first kappa shape index (κ1) is 10.3. The van der Waals surface area contributed by atoms with E-state index in [2.05, 4.69) is 12.5 Å². The summed E-state index contributed by atoms with van der Waals surface area (Å²) >= 11 is 0. The molecule has 1 heteroatoms. The topological polar surface area (TPSA) is 9.23 Å². The fraction of sp³-hybridized carbons (Fsp3) is 0.667. The minimum absolute atomic E-state index is 0.287. The van der Waals surface area contributed by atoms with Crippen LogP contribution in [0.25, 0.3) is 0 Å². The van der Waals surface area contributed by atoms with Gasteiger partial charge in [0.1, 0.15) is 5.60 Å². The van der Waals surface area contributed by atoms with Crippen molar-refractivity contribution in [3.05, 3.63) is 12.7 Å². The average molecular weight is 178 g/mol.